The van der Waals surface area contributed by atoms with Crippen LogP contribution < -0.4 is 0 Å². The minimum atomic E-state index is 0.196. The van der Waals surface area contributed by atoms with Crippen LogP contribution in [0.1, 0.15) is 17.0 Å². The van der Waals surface area contributed by atoms with Crippen molar-refractivity contribution in [2.75, 3.05) is 0 Å². The van der Waals surface area contributed by atoms with Crippen LogP contribution in [0.4, 0.5) is 5.95 Å². The zero-order valence-corrected chi connectivity index (χ0v) is 11.9. The van der Waals surface area contributed by atoms with Crippen molar-refractivity contribution in [3.05, 3.63) is 59.4 Å². The van der Waals surface area contributed by atoms with Crippen molar-refractivity contribution in [3.63, 3.8) is 0 Å². The first-order valence-electron chi connectivity index (χ1n) is 6.70. The Labute approximate surface area is 122 Å². The van der Waals surface area contributed by atoms with E-state index in [9.17, 15) is 5.11 Å². The number of nitrogens with zero attached hydrogens (tertiary/aromatic N) is 3. The van der Waals surface area contributed by atoms with Gasteiger partial charge >= 0.3 is 0 Å². The molecular formula is C17H15N3O. The number of aromatic nitrogens is 2. The van der Waals surface area contributed by atoms with Gasteiger partial charge in [0.1, 0.15) is 5.75 Å². The van der Waals surface area contributed by atoms with E-state index in [2.05, 4.69) is 15.0 Å². The van der Waals surface area contributed by atoms with E-state index in [1.54, 1.807) is 12.3 Å². The highest BCUT2D eigenvalue weighted by Gasteiger charge is 2.02. The summed E-state index contributed by atoms with van der Waals surface area (Å²) < 4.78 is 0. The van der Waals surface area contributed by atoms with Crippen LogP contribution in [0.25, 0.3) is 10.8 Å². The Morgan fingerprint density at radius 3 is 2.24 bits per heavy atom. The molecule has 0 saturated carbocycles. The van der Waals surface area contributed by atoms with E-state index in [0.717, 1.165) is 22.2 Å². The number of phenols is 1. The number of aromatic hydroxyl groups is 1. The molecule has 0 fully saturated rings. The predicted octanol–water partition coefficient (Wildman–Crippen LogP) is 3.70. The number of aliphatic imine (C=N–C) groups is 1. The fourth-order valence-electron chi connectivity index (χ4n) is 2.24. The van der Waals surface area contributed by atoms with Crippen molar-refractivity contribution < 1.29 is 5.11 Å². The van der Waals surface area contributed by atoms with Crippen LogP contribution in [0.15, 0.2) is 47.5 Å². The van der Waals surface area contributed by atoms with Crippen molar-refractivity contribution in [2.24, 2.45) is 4.99 Å². The molecule has 0 aliphatic rings. The molecule has 0 aliphatic carbocycles. The monoisotopic (exact) mass is 277 g/mol. The van der Waals surface area contributed by atoms with Gasteiger partial charge in [-0.1, -0.05) is 24.3 Å². The Morgan fingerprint density at radius 2 is 1.57 bits per heavy atom. The van der Waals surface area contributed by atoms with E-state index >= 15 is 0 Å². The van der Waals surface area contributed by atoms with E-state index in [0.29, 0.717) is 11.5 Å². The maximum absolute atomic E-state index is 10.1. The number of hydrogen-bond donors (Lipinski definition) is 1. The first-order valence-corrected chi connectivity index (χ1v) is 6.70. The van der Waals surface area contributed by atoms with Crippen molar-refractivity contribution in [3.8, 4) is 5.75 Å². The van der Waals surface area contributed by atoms with E-state index in [1.165, 1.54) is 0 Å². The molecule has 104 valence electrons. The number of fused-ring (bicyclic) bond motifs is 1. The lowest BCUT2D eigenvalue weighted by Gasteiger charge is -2.03. The Hall–Kier alpha value is -2.75. The summed E-state index contributed by atoms with van der Waals surface area (Å²) in [7, 11) is 0. The molecule has 3 aromatic rings. The third kappa shape index (κ3) is 2.89. The minimum absolute atomic E-state index is 0.196. The molecule has 3 rings (SSSR count). The molecule has 0 unspecified atom stereocenters. The zero-order chi connectivity index (χ0) is 14.8. The van der Waals surface area contributed by atoms with Gasteiger partial charge in [-0.05, 0) is 42.8 Å². The van der Waals surface area contributed by atoms with E-state index in [4.69, 9.17) is 0 Å². The molecule has 4 nitrogen and oxygen atoms in total. The number of hydrogen-bond acceptors (Lipinski definition) is 4. The molecule has 1 N–H and O–H groups in total. The second-order valence-corrected chi connectivity index (χ2v) is 4.97. The van der Waals surface area contributed by atoms with Crippen molar-refractivity contribution in [1.29, 1.82) is 0 Å². The molecule has 0 bridgehead atoms. The molecule has 0 atom stereocenters. The molecule has 0 saturated heterocycles. The molecule has 0 aliphatic heterocycles. The SMILES string of the molecule is Cc1cc(C)nc(/N=C/c2cc3ccccc3cc2O)n1. The smallest absolute Gasteiger partial charge is 0.249 e. The van der Waals surface area contributed by atoms with Crippen LogP contribution in [0.3, 0.4) is 0 Å². The summed E-state index contributed by atoms with van der Waals surface area (Å²) in [5, 5.41) is 12.1. The van der Waals surface area contributed by atoms with Crippen molar-refractivity contribution >= 4 is 22.9 Å². The first kappa shape index (κ1) is 13.2. The topological polar surface area (TPSA) is 58.4 Å². The summed E-state index contributed by atoms with van der Waals surface area (Å²) in [5.41, 5.74) is 2.39. The highest BCUT2D eigenvalue weighted by molar-refractivity contribution is 5.94. The predicted molar refractivity (Wildman–Crippen MR) is 84.4 cm³/mol. The average molecular weight is 277 g/mol. The third-order valence-electron chi connectivity index (χ3n) is 3.18. The van der Waals surface area contributed by atoms with Crippen LogP contribution in [-0.2, 0) is 0 Å². The van der Waals surface area contributed by atoms with Crippen molar-refractivity contribution in [1.82, 2.24) is 9.97 Å². The van der Waals surface area contributed by atoms with Gasteiger partial charge in [-0.3, -0.25) is 0 Å². The van der Waals surface area contributed by atoms with Crippen molar-refractivity contribution in [2.45, 2.75) is 13.8 Å². The quantitative estimate of drug-likeness (QED) is 0.726. The van der Waals surface area contributed by atoms with Gasteiger partial charge in [-0.15, -0.1) is 0 Å². The fraction of sp³-hybridized carbons (Fsp3) is 0.118. The van der Waals surface area contributed by atoms with Crippen LogP contribution in [0, 0.1) is 13.8 Å². The summed E-state index contributed by atoms with van der Waals surface area (Å²) in [6.07, 6.45) is 1.59. The second kappa shape index (κ2) is 5.32. The van der Waals surface area contributed by atoms with Gasteiger partial charge in [0.05, 0.1) is 0 Å². The highest BCUT2D eigenvalue weighted by Crippen LogP contribution is 2.24. The van der Waals surface area contributed by atoms with E-state index in [1.807, 2.05) is 50.2 Å². The molecule has 2 aromatic carbocycles. The highest BCUT2D eigenvalue weighted by atomic mass is 16.3. The Morgan fingerprint density at radius 1 is 0.952 bits per heavy atom. The maximum atomic E-state index is 10.1. The summed E-state index contributed by atoms with van der Waals surface area (Å²) in [5.74, 6) is 0.599. The summed E-state index contributed by atoms with van der Waals surface area (Å²) in [6, 6.07) is 13.4. The molecule has 0 spiro atoms. The van der Waals surface area contributed by atoms with Gasteiger partial charge in [0.15, 0.2) is 0 Å². The molecule has 1 aromatic heterocycles. The lowest BCUT2D eigenvalue weighted by atomic mass is 10.1. The van der Waals surface area contributed by atoms with Gasteiger partial charge in [-0.2, -0.15) is 0 Å². The van der Waals surface area contributed by atoms with E-state index in [-0.39, 0.29) is 5.75 Å². The third-order valence-corrected chi connectivity index (χ3v) is 3.18. The van der Waals surface area contributed by atoms with Gasteiger partial charge in [0.25, 0.3) is 0 Å². The first-order chi connectivity index (χ1) is 10.1. The van der Waals surface area contributed by atoms with E-state index < -0.39 is 0 Å². The Kier molecular flexibility index (Phi) is 3.36. The number of aryl methyl sites for hydroxylation is 2. The molecule has 0 amide bonds. The van der Waals surface area contributed by atoms with Crippen LogP contribution in [-0.4, -0.2) is 21.3 Å². The standard InChI is InChI=1S/C17H15N3O/c1-11-7-12(2)20-17(19-11)18-10-15-8-13-5-3-4-6-14(13)9-16(15)21/h3-10,21H,1-2H3/b18-10+. The largest absolute Gasteiger partial charge is 0.507 e. The fourth-order valence-corrected chi connectivity index (χ4v) is 2.24. The lowest BCUT2D eigenvalue weighted by molar-refractivity contribution is 0.475. The maximum Gasteiger partial charge on any atom is 0.249 e. The summed E-state index contributed by atoms with van der Waals surface area (Å²) >= 11 is 0. The lowest BCUT2D eigenvalue weighted by Crippen LogP contribution is -1.90. The minimum Gasteiger partial charge on any atom is -0.507 e. The number of phenolic OH excluding ortho intramolecular Hbond substituents is 1. The molecule has 21 heavy (non-hydrogen) atoms. The number of benzene rings is 2. The molecular weight excluding hydrogens is 262 g/mol. The Bertz CT molecular complexity index is 820. The normalized spacial score (nSPS) is 11.3. The van der Waals surface area contributed by atoms with Gasteiger partial charge in [-0.25, -0.2) is 15.0 Å². The molecule has 1 heterocycles. The number of rotatable bonds is 2. The van der Waals surface area contributed by atoms with Crippen LogP contribution in [0.5, 0.6) is 5.75 Å². The molecule has 4 heteroatoms. The van der Waals surface area contributed by atoms with Gasteiger partial charge in [0.2, 0.25) is 5.95 Å². The summed E-state index contributed by atoms with van der Waals surface area (Å²) in [6.45, 7) is 3.81. The van der Waals surface area contributed by atoms with Crippen LogP contribution in [0.2, 0.25) is 0 Å². The van der Waals surface area contributed by atoms with Gasteiger partial charge < -0.3 is 5.11 Å². The molecule has 0 radical (unpaired) electrons. The Balaban J connectivity index is 2.00. The van der Waals surface area contributed by atoms with Crippen LogP contribution >= 0.6 is 0 Å². The van der Waals surface area contributed by atoms with Gasteiger partial charge in [0, 0.05) is 23.2 Å². The second-order valence-electron chi connectivity index (χ2n) is 4.97. The zero-order valence-electron chi connectivity index (χ0n) is 11.9. The summed E-state index contributed by atoms with van der Waals surface area (Å²) in [4.78, 5) is 12.8. The average Bonchev–Trinajstić information content (AvgIpc) is 2.44.